The molecular weight excluding hydrogens is 344 g/mol. The minimum absolute atomic E-state index is 0.00837. The first-order valence-electron chi connectivity index (χ1n) is 8.32. The van der Waals surface area contributed by atoms with Gasteiger partial charge in [0.05, 0.1) is 4.92 Å². The number of hydrogen-bond acceptors (Lipinski definition) is 5. The van der Waals surface area contributed by atoms with Crippen molar-refractivity contribution in [1.82, 2.24) is 4.98 Å². The highest BCUT2D eigenvalue weighted by atomic mass is 16.6. The summed E-state index contributed by atoms with van der Waals surface area (Å²) in [7, 11) is 0. The number of carbonyl (C=O) groups excluding carboxylic acids is 1. The van der Waals surface area contributed by atoms with Crippen LogP contribution < -0.4 is 11.1 Å². The number of non-ortho nitro benzene ring substituents is 1. The molecule has 1 amide bonds. The van der Waals surface area contributed by atoms with Gasteiger partial charge in [-0.3, -0.25) is 19.9 Å². The predicted molar refractivity (Wildman–Crippen MR) is 103 cm³/mol. The van der Waals surface area contributed by atoms with Crippen LogP contribution in [0.3, 0.4) is 0 Å². The van der Waals surface area contributed by atoms with Crippen molar-refractivity contribution < 1.29 is 9.72 Å². The van der Waals surface area contributed by atoms with E-state index in [9.17, 15) is 14.9 Å². The zero-order valence-corrected chi connectivity index (χ0v) is 14.4. The second-order valence-corrected chi connectivity index (χ2v) is 6.04. The molecule has 0 radical (unpaired) electrons. The van der Waals surface area contributed by atoms with E-state index < -0.39 is 16.9 Å². The number of nitrogens with one attached hydrogen (secondary N) is 1. The number of rotatable bonds is 7. The smallest absolute Gasteiger partial charge is 0.269 e. The number of aromatic nitrogens is 1. The number of nitro groups is 1. The van der Waals surface area contributed by atoms with E-state index in [0.717, 1.165) is 22.4 Å². The molecule has 7 heteroatoms. The summed E-state index contributed by atoms with van der Waals surface area (Å²) < 4.78 is 0. The number of nitro benzene ring substituents is 1. The number of pyridine rings is 1. The number of amides is 1. The lowest BCUT2D eigenvalue weighted by Gasteiger charge is -2.17. The molecule has 27 heavy (non-hydrogen) atoms. The maximum absolute atomic E-state index is 11.8. The van der Waals surface area contributed by atoms with Crippen molar-refractivity contribution >= 4 is 17.3 Å². The molecule has 0 fully saturated rings. The van der Waals surface area contributed by atoms with Gasteiger partial charge in [-0.1, -0.05) is 24.3 Å². The van der Waals surface area contributed by atoms with Gasteiger partial charge in [0.1, 0.15) is 6.04 Å². The van der Waals surface area contributed by atoms with Crippen LogP contribution >= 0.6 is 0 Å². The molecule has 1 heterocycles. The van der Waals surface area contributed by atoms with E-state index in [-0.39, 0.29) is 5.69 Å². The molecule has 0 bridgehead atoms. The molecule has 1 unspecified atom stereocenters. The number of primary amides is 1. The summed E-state index contributed by atoms with van der Waals surface area (Å²) in [5.74, 6) is -0.494. The average molecular weight is 362 g/mol. The minimum Gasteiger partial charge on any atom is -0.373 e. The molecule has 2 aromatic carbocycles. The largest absolute Gasteiger partial charge is 0.373 e. The Morgan fingerprint density at radius 3 is 2.15 bits per heavy atom. The molecule has 3 aromatic rings. The quantitative estimate of drug-likeness (QED) is 0.495. The summed E-state index contributed by atoms with van der Waals surface area (Å²) in [5, 5.41) is 13.9. The van der Waals surface area contributed by atoms with E-state index in [1.54, 1.807) is 24.5 Å². The Bertz CT molecular complexity index is 926. The van der Waals surface area contributed by atoms with E-state index in [4.69, 9.17) is 5.73 Å². The minimum atomic E-state index is -0.627. The van der Waals surface area contributed by atoms with Gasteiger partial charge in [0.2, 0.25) is 5.91 Å². The van der Waals surface area contributed by atoms with E-state index in [1.165, 1.54) is 12.1 Å². The van der Waals surface area contributed by atoms with E-state index in [2.05, 4.69) is 10.3 Å². The van der Waals surface area contributed by atoms with Crippen molar-refractivity contribution in [2.24, 2.45) is 5.73 Å². The predicted octanol–water partition coefficient (Wildman–Crippen LogP) is 3.17. The Morgan fingerprint density at radius 2 is 1.59 bits per heavy atom. The molecule has 0 saturated carbocycles. The molecule has 0 spiro atoms. The van der Waals surface area contributed by atoms with Crippen LogP contribution in [0.15, 0.2) is 73.1 Å². The Balaban J connectivity index is 1.71. The van der Waals surface area contributed by atoms with Crippen molar-refractivity contribution in [1.29, 1.82) is 0 Å². The first-order valence-corrected chi connectivity index (χ1v) is 8.32. The van der Waals surface area contributed by atoms with Crippen molar-refractivity contribution in [3.05, 3.63) is 88.7 Å². The van der Waals surface area contributed by atoms with E-state index in [0.29, 0.717) is 6.42 Å². The third kappa shape index (κ3) is 4.66. The SMILES string of the molecule is NC(=O)C(Cc1ccc([N+](=O)[O-])cc1)Nc1ccc(-c2ccncc2)cc1. The zero-order valence-electron chi connectivity index (χ0n) is 14.4. The van der Waals surface area contributed by atoms with Crippen molar-refractivity contribution in [2.75, 3.05) is 5.32 Å². The van der Waals surface area contributed by atoms with Crippen molar-refractivity contribution in [2.45, 2.75) is 12.5 Å². The summed E-state index contributed by atoms with van der Waals surface area (Å²) in [6.45, 7) is 0. The van der Waals surface area contributed by atoms with Gasteiger partial charge >= 0.3 is 0 Å². The summed E-state index contributed by atoms with van der Waals surface area (Å²) in [5.41, 5.74) is 9.15. The topological polar surface area (TPSA) is 111 Å². The lowest BCUT2D eigenvalue weighted by Crippen LogP contribution is -2.37. The summed E-state index contributed by atoms with van der Waals surface area (Å²) in [4.78, 5) is 26.1. The Morgan fingerprint density at radius 1 is 1.00 bits per heavy atom. The summed E-state index contributed by atoms with van der Waals surface area (Å²) in [6.07, 6.45) is 3.79. The van der Waals surface area contributed by atoms with Gasteiger partial charge in [0.15, 0.2) is 0 Å². The first kappa shape index (κ1) is 18.1. The summed E-state index contributed by atoms with van der Waals surface area (Å²) in [6, 6.07) is 16.9. The van der Waals surface area contributed by atoms with Crippen molar-refractivity contribution in [3.8, 4) is 11.1 Å². The standard InChI is InChI=1S/C20H18N4O3/c21-20(25)19(13-14-1-7-18(8-2-14)24(26)27)23-17-5-3-15(4-6-17)16-9-11-22-12-10-16/h1-12,19,23H,13H2,(H2,21,25). The van der Waals surface area contributed by atoms with Crippen LogP contribution in [-0.4, -0.2) is 21.9 Å². The van der Waals surface area contributed by atoms with Crippen LogP contribution in [0.1, 0.15) is 5.56 Å². The van der Waals surface area contributed by atoms with Gasteiger partial charge in [-0.15, -0.1) is 0 Å². The van der Waals surface area contributed by atoms with Gasteiger partial charge in [-0.05, 0) is 41.0 Å². The highest BCUT2D eigenvalue weighted by molar-refractivity contribution is 5.83. The fraction of sp³-hybridized carbons (Fsp3) is 0.100. The second-order valence-electron chi connectivity index (χ2n) is 6.04. The lowest BCUT2D eigenvalue weighted by atomic mass is 10.0. The average Bonchev–Trinajstić information content (AvgIpc) is 2.69. The molecule has 3 N–H and O–H groups in total. The Labute approximate surface area is 156 Å². The van der Waals surface area contributed by atoms with Gasteiger partial charge in [-0.2, -0.15) is 0 Å². The summed E-state index contributed by atoms with van der Waals surface area (Å²) >= 11 is 0. The van der Waals surface area contributed by atoms with Crippen LogP contribution in [0.4, 0.5) is 11.4 Å². The highest BCUT2D eigenvalue weighted by Gasteiger charge is 2.16. The molecule has 7 nitrogen and oxygen atoms in total. The van der Waals surface area contributed by atoms with Gasteiger partial charge in [0, 0.05) is 36.6 Å². The van der Waals surface area contributed by atoms with Gasteiger partial charge in [0.25, 0.3) is 5.69 Å². The molecule has 1 atom stereocenters. The maximum Gasteiger partial charge on any atom is 0.269 e. The van der Waals surface area contributed by atoms with Crippen LogP contribution in [0.5, 0.6) is 0 Å². The molecule has 0 aliphatic heterocycles. The fourth-order valence-corrected chi connectivity index (χ4v) is 2.72. The molecule has 0 aliphatic carbocycles. The Hall–Kier alpha value is -3.74. The molecule has 1 aromatic heterocycles. The van der Waals surface area contributed by atoms with Gasteiger partial charge in [-0.25, -0.2) is 0 Å². The van der Waals surface area contributed by atoms with Crippen LogP contribution in [-0.2, 0) is 11.2 Å². The molecular formula is C20H18N4O3. The second kappa shape index (κ2) is 8.09. The van der Waals surface area contributed by atoms with Crippen LogP contribution in [0, 0.1) is 10.1 Å². The third-order valence-corrected chi connectivity index (χ3v) is 4.17. The van der Waals surface area contributed by atoms with Crippen LogP contribution in [0.25, 0.3) is 11.1 Å². The molecule has 0 saturated heterocycles. The number of anilines is 1. The monoisotopic (exact) mass is 362 g/mol. The number of nitrogens with zero attached hydrogens (tertiary/aromatic N) is 2. The third-order valence-electron chi connectivity index (χ3n) is 4.17. The van der Waals surface area contributed by atoms with Crippen LogP contribution in [0.2, 0.25) is 0 Å². The molecule has 3 rings (SSSR count). The number of benzene rings is 2. The lowest BCUT2D eigenvalue weighted by molar-refractivity contribution is -0.384. The number of carbonyl (C=O) groups is 1. The normalized spacial score (nSPS) is 11.6. The Kier molecular flexibility index (Phi) is 5.41. The highest BCUT2D eigenvalue weighted by Crippen LogP contribution is 2.21. The zero-order chi connectivity index (χ0) is 19.2. The molecule has 0 aliphatic rings. The van der Waals surface area contributed by atoms with Gasteiger partial charge < -0.3 is 11.1 Å². The number of nitrogens with two attached hydrogens (primary N) is 1. The fourth-order valence-electron chi connectivity index (χ4n) is 2.72. The molecule has 136 valence electrons. The van der Waals surface area contributed by atoms with E-state index >= 15 is 0 Å². The maximum atomic E-state index is 11.8. The van der Waals surface area contributed by atoms with E-state index in [1.807, 2.05) is 36.4 Å². The van der Waals surface area contributed by atoms with Crippen molar-refractivity contribution in [3.63, 3.8) is 0 Å². The number of hydrogen-bond donors (Lipinski definition) is 2. The first-order chi connectivity index (χ1) is 13.0.